The minimum Gasteiger partial charge on any atom is -0.378 e. The summed E-state index contributed by atoms with van der Waals surface area (Å²) in [6.07, 6.45) is 3.80. The summed E-state index contributed by atoms with van der Waals surface area (Å²) < 4.78 is 5.67. The summed E-state index contributed by atoms with van der Waals surface area (Å²) in [5.74, 6) is 0.975. The van der Waals surface area contributed by atoms with Crippen molar-refractivity contribution in [2.45, 2.75) is 19.5 Å². The van der Waals surface area contributed by atoms with E-state index in [1.807, 2.05) is 19.3 Å². The van der Waals surface area contributed by atoms with Crippen molar-refractivity contribution in [1.82, 2.24) is 25.1 Å². The normalized spacial score (nSPS) is 19.3. The summed E-state index contributed by atoms with van der Waals surface area (Å²) in [4.78, 5) is 11.5. The van der Waals surface area contributed by atoms with Crippen LogP contribution in [-0.4, -0.2) is 44.8 Å². The van der Waals surface area contributed by atoms with Gasteiger partial charge in [0, 0.05) is 30.5 Å². The number of morpholine rings is 1. The van der Waals surface area contributed by atoms with Gasteiger partial charge in [-0.2, -0.15) is 5.10 Å². The number of imidazole rings is 1. The van der Waals surface area contributed by atoms with E-state index in [1.54, 1.807) is 11.3 Å². The topological polar surface area (TPSA) is 69.8 Å². The molecule has 0 saturated carbocycles. The Morgan fingerprint density at radius 3 is 3.17 bits per heavy atom. The van der Waals surface area contributed by atoms with Gasteiger partial charge in [-0.1, -0.05) is 6.07 Å². The first kappa shape index (κ1) is 14.6. The molecule has 1 aliphatic rings. The van der Waals surface area contributed by atoms with Crippen LogP contribution in [0, 0.1) is 6.92 Å². The standard InChI is InChI=1S/C16H19N5OS/c1-11-7-17-16(19-11)13-10-22-5-4-21(13)9-12-8-18-20-15(12)14-3-2-6-23-14/h2-3,6-8,13H,4-5,9-10H2,1H3,(H,17,19)(H,18,20). The molecule has 3 aromatic heterocycles. The lowest BCUT2D eigenvalue weighted by molar-refractivity contribution is -0.0156. The summed E-state index contributed by atoms with van der Waals surface area (Å²) in [6.45, 7) is 5.16. The zero-order valence-corrected chi connectivity index (χ0v) is 13.8. The lowest BCUT2D eigenvalue weighted by atomic mass is 10.1. The van der Waals surface area contributed by atoms with Crippen molar-refractivity contribution in [3.05, 3.63) is 47.0 Å². The molecule has 1 fully saturated rings. The van der Waals surface area contributed by atoms with Crippen molar-refractivity contribution in [2.24, 2.45) is 0 Å². The van der Waals surface area contributed by atoms with Crippen molar-refractivity contribution >= 4 is 11.3 Å². The van der Waals surface area contributed by atoms with Crippen LogP contribution >= 0.6 is 11.3 Å². The lowest BCUT2D eigenvalue weighted by Gasteiger charge is -2.34. The Bertz CT molecular complexity index is 763. The van der Waals surface area contributed by atoms with Gasteiger partial charge < -0.3 is 9.72 Å². The fourth-order valence-corrected chi connectivity index (χ4v) is 3.72. The highest BCUT2D eigenvalue weighted by Gasteiger charge is 2.28. The molecule has 3 aromatic rings. The van der Waals surface area contributed by atoms with Gasteiger partial charge in [0.15, 0.2) is 0 Å². The first-order chi connectivity index (χ1) is 11.3. The van der Waals surface area contributed by atoms with Crippen LogP contribution in [0.2, 0.25) is 0 Å². The van der Waals surface area contributed by atoms with Gasteiger partial charge in [-0.15, -0.1) is 11.3 Å². The van der Waals surface area contributed by atoms with E-state index in [0.29, 0.717) is 6.61 Å². The lowest BCUT2D eigenvalue weighted by Crippen LogP contribution is -2.39. The number of aromatic nitrogens is 4. The molecular weight excluding hydrogens is 310 g/mol. The van der Waals surface area contributed by atoms with Crippen LogP contribution in [0.15, 0.2) is 29.9 Å². The highest BCUT2D eigenvalue weighted by Crippen LogP contribution is 2.29. The predicted molar refractivity (Wildman–Crippen MR) is 89.2 cm³/mol. The molecule has 0 aromatic carbocycles. The van der Waals surface area contributed by atoms with E-state index in [2.05, 4.69) is 42.6 Å². The molecule has 7 heteroatoms. The quantitative estimate of drug-likeness (QED) is 0.772. The third-order valence-electron chi connectivity index (χ3n) is 4.14. The number of rotatable bonds is 4. The number of nitrogens with one attached hydrogen (secondary N) is 2. The smallest absolute Gasteiger partial charge is 0.126 e. The molecule has 0 aliphatic carbocycles. The first-order valence-electron chi connectivity index (χ1n) is 7.70. The molecule has 1 aliphatic heterocycles. The highest BCUT2D eigenvalue weighted by molar-refractivity contribution is 7.13. The largest absolute Gasteiger partial charge is 0.378 e. The SMILES string of the molecule is Cc1cnc(C2COCCN2Cc2cn[nH]c2-c2cccs2)[nH]1. The number of hydrogen-bond donors (Lipinski definition) is 2. The van der Waals surface area contributed by atoms with E-state index in [4.69, 9.17) is 4.74 Å². The van der Waals surface area contributed by atoms with Crippen molar-refractivity contribution < 1.29 is 4.74 Å². The Morgan fingerprint density at radius 2 is 2.39 bits per heavy atom. The summed E-state index contributed by atoms with van der Waals surface area (Å²) in [5.41, 5.74) is 3.40. The molecule has 1 unspecified atom stereocenters. The molecule has 4 rings (SSSR count). The third kappa shape index (κ3) is 2.95. The summed E-state index contributed by atoms with van der Waals surface area (Å²) in [6, 6.07) is 4.34. The summed E-state index contributed by atoms with van der Waals surface area (Å²) in [5, 5.41) is 9.47. The Labute approximate surface area is 138 Å². The molecule has 23 heavy (non-hydrogen) atoms. The highest BCUT2D eigenvalue weighted by atomic mass is 32.1. The van der Waals surface area contributed by atoms with Gasteiger partial charge in [0.25, 0.3) is 0 Å². The van der Waals surface area contributed by atoms with Gasteiger partial charge in [0.1, 0.15) is 5.82 Å². The Morgan fingerprint density at radius 1 is 1.43 bits per heavy atom. The van der Waals surface area contributed by atoms with Gasteiger partial charge >= 0.3 is 0 Å². The zero-order chi connectivity index (χ0) is 15.6. The van der Waals surface area contributed by atoms with Crippen LogP contribution in [0.25, 0.3) is 10.6 Å². The van der Waals surface area contributed by atoms with E-state index in [9.17, 15) is 0 Å². The van der Waals surface area contributed by atoms with Crippen LogP contribution in [0.1, 0.15) is 23.1 Å². The van der Waals surface area contributed by atoms with Crippen LogP contribution in [0.3, 0.4) is 0 Å². The number of hydrogen-bond acceptors (Lipinski definition) is 5. The fourth-order valence-electron chi connectivity index (χ4n) is 2.97. The van der Waals surface area contributed by atoms with Crippen molar-refractivity contribution in [3.8, 4) is 10.6 Å². The monoisotopic (exact) mass is 329 g/mol. The van der Waals surface area contributed by atoms with Gasteiger partial charge in [-0.25, -0.2) is 4.98 Å². The molecule has 0 bridgehead atoms. The molecule has 2 N–H and O–H groups in total. The molecule has 1 saturated heterocycles. The van der Waals surface area contributed by atoms with Gasteiger partial charge in [-0.3, -0.25) is 10.00 Å². The molecule has 6 nitrogen and oxygen atoms in total. The average Bonchev–Trinajstić information content (AvgIpc) is 3.28. The first-order valence-corrected chi connectivity index (χ1v) is 8.58. The average molecular weight is 329 g/mol. The number of H-pyrrole nitrogens is 2. The van der Waals surface area contributed by atoms with Crippen LogP contribution in [0.5, 0.6) is 0 Å². The van der Waals surface area contributed by atoms with Crippen molar-refractivity contribution in [3.63, 3.8) is 0 Å². The number of ether oxygens (including phenoxy) is 1. The molecule has 120 valence electrons. The number of aryl methyl sites for hydroxylation is 1. The Kier molecular flexibility index (Phi) is 3.99. The molecule has 0 radical (unpaired) electrons. The fraction of sp³-hybridized carbons (Fsp3) is 0.375. The minimum atomic E-state index is 0.156. The van der Waals surface area contributed by atoms with E-state index in [1.165, 1.54) is 10.4 Å². The number of thiophene rings is 1. The van der Waals surface area contributed by atoms with Crippen LogP contribution < -0.4 is 0 Å². The molecular formula is C16H19N5OS. The number of nitrogens with zero attached hydrogens (tertiary/aromatic N) is 3. The van der Waals surface area contributed by atoms with E-state index < -0.39 is 0 Å². The molecule has 1 atom stereocenters. The second kappa shape index (κ2) is 6.27. The molecule has 4 heterocycles. The maximum atomic E-state index is 5.67. The van der Waals surface area contributed by atoms with E-state index in [-0.39, 0.29) is 6.04 Å². The maximum Gasteiger partial charge on any atom is 0.126 e. The zero-order valence-electron chi connectivity index (χ0n) is 13.0. The minimum absolute atomic E-state index is 0.156. The van der Waals surface area contributed by atoms with Crippen molar-refractivity contribution in [2.75, 3.05) is 19.8 Å². The predicted octanol–water partition coefficient (Wildman–Crippen LogP) is 2.74. The maximum absolute atomic E-state index is 5.67. The van der Waals surface area contributed by atoms with Gasteiger partial charge in [0.2, 0.25) is 0 Å². The molecule has 0 spiro atoms. The van der Waals surface area contributed by atoms with Crippen LogP contribution in [-0.2, 0) is 11.3 Å². The van der Waals surface area contributed by atoms with E-state index in [0.717, 1.165) is 36.9 Å². The van der Waals surface area contributed by atoms with E-state index >= 15 is 0 Å². The Hall–Kier alpha value is -1.96. The molecule has 0 amide bonds. The summed E-state index contributed by atoms with van der Waals surface area (Å²) in [7, 11) is 0. The Balaban J connectivity index is 1.58. The second-order valence-corrected chi connectivity index (χ2v) is 6.71. The number of aromatic amines is 2. The summed E-state index contributed by atoms with van der Waals surface area (Å²) >= 11 is 1.72. The third-order valence-corrected chi connectivity index (χ3v) is 5.02. The van der Waals surface area contributed by atoms with Crippen molar-refractivity contribution in [1.29, 1.82) is 0 Å². The van der Waals surface area contributed by atoms with Crippen LogP contribution in [0.4, 0.5) is 0 Å². The van der Waals surface area contributed by atoms with Gasteiger partial charge in [0.05, 0.1) is 36.0 Å². The second-order valence-electron chi connectivity index (χ2n) is 5.76. The van der Waals surface area contributed by atoms with Gasteiger partial charge in [-0.05, 0) is 18.4 Å².